The van der Waals surface area contributed by atoms with E-state index in [0.717, 1.165) is 44.0 Å². The molecule has 2 fully saturated rings. The summed E-state index contributed by atoms with van der Waals surface area (Å²) in [7, 11) is 0. The molecule has 0 aromatic heterocycles. The van der Waals surface area contributed by atoms with Crippen molar-refractivity contribution in [3.63, 3.8) is 0 Å². The summed E-state index contributed by atoms with van der Waals surface area (Å²) in [6.07, 6.45) is 6.60. The number of nitrogens with one attached hydrogen (secondary N) is 2. The molecule has 186 valence electrons. The maximum Gasteiger partial charge on any atom is 0.0930 e. The van der Waals surface area contributed by atoms with Crippen LogP contribution >= 0.6 is 23.5 Å². The fourth-order valence-electron chi connectivity index (χ4n) is 5.20. The molecule has 1 heterocycles. The van der Waals surface area contributed by atoms with Crippen LogP contribution in [-0.2, 0) is 5.60 Å². The van der Waals surface area contributed by atoms with Gasteiger partial charge in [-0.2, -0.15) is 0 Å². The van der Waals surface area contributed by atoms with Gasteiger partial charge < -0.3 is 15.3 Å². The number of rotatable bonds is 8. The molecule has 0 radical (unpaired) electrons. The van der Waals surface area contributed by atoms with Crippen molar-refractivity contribution in [2.45, 2.75) is 76.2 Å². The van der Waals surface area contributed by atoms with Gasteiger partial charge in [-0.05, 0) is 92.8 Å². The Hall–Kier alpha value is -1.40. The molecule has 1 aliphatic carbocycles. The van der Waals surface area contributed by atoms with Gasteiger partial charge in [0.25, 0.3) is 0 Å². The second kappa shape index (κ2) is 11.6. The van der Waals surface area contributed by atoms with Crippen LogP contribution in [0, 0.1) is 12.8 Å². The van der Waals surface area contributed by atoms with E-state index in [2.05, 4.69) is 53.9 Å². The van der Waals surface area contributed by atoms with Gasteiger partial charge in [-0.1, -0.05) is 49.5 Å². The summed E-state index contributed by atoms with van der Waals surface area (Å²) in [5, 5.41) is 16.2. The van der Waals surface area contributed by atoms with Crippen molar-refractivity contribution < 1.29 is 5.11 Å². The van der Waals surface area contributed by atoms with Gasteiger partial charge in [0.15, 0.2) is 0 Å². The van der Waals surface area contributed by atoms with Gasteiger partial charge in [0.1, 0.15) is 0 Å². The van der Waals surface area contributed by atoms with Gasteiger partial charge >= 0.3 is 0 Å². The van der Waals surface area contributed by atoms with Gasteiger partial charge in [0, 0.05) is 47.3 Å². The molecule has 1 aliphatic heterocycles. The molecule has 4 rings (SSSR count). The van der Waals surface area contributed by atoms with E-state index in [0.29, 0.717) is 16.3 Å². The topological polar surface area (TPSA) is 47.5 Å². The zero-order valence-corrected chi connectivity index (χ0v) is 22.4. The maximum atomic E-state index is 11.2. The lowest BCUT2D eigenvalue weighted by molar-refractivity contribution is 0.0118. The Balaban J connectivity index is 1.26. The molecule has 0 spiro atoms. The SMILES string of the molecule is Cc1cc(N2CCC(O)(c3ccc(Cl)cc3)CC2)ccc1NC[C@H]1CC[C@H](NSC(C)C)CC1. The molecule has 0 bridgehead atoms. The highest BCUT2D eigenvalue weighted by atomic mass is 35.5. The van der Waals surface area contributed by atoms with Gasteiger partial charge in [-0.3, -0.25) is 4.72 Å². The highest BCUT2D eigenvalue weighted by Crippen LogP contribution is 2.36. The van der Waals surface area contributed by atoms with Crippen LogP contribution in [0.5, 0.6) is 0 Å². The van der Waals surface area contributed by atoms with Crippen LogP contribution in [0.4, 0.5) is 11.4 Å². The number of nitrogens with zero attached hydrogens (tertiary/aromatic N) is 1. The van der Waals surface area contributed by atoms with E-state index in [1.165, 1.54) is 42.6 Å². The van der Waals surface area contributed by atoms with Crippen molar-refractivity contribution in [3.8, 4) is 0 Å². The normalized spacial score (nSPS) is 22.7. The molecule has 0 atom stereocenters. The molecule has 6 heteroatoms. The summed E-state index contributed by atoms with van der Waals surface area (Å²) in [6.45, 7) is 9.43. The Bertz CT molecular complexity index is 920. The van der Waals surface area contributed by atoms with Crippen molar-refractivity contribution in [2.24, 2.45) is 5.92 Å². The number of piperidine rings is 1. The average molecular weight is 502 g/mol. The molecule has 1 saturated heterocycles. The minimum absolute atomic E-state index is 0.643. The fourth-order valence-corrected chi connectivity index (χ4v) is 6.02. The third-order valence-electron chi connectivity index (χ3n) is 7.45. The molecule has 2 aromatic carbocycles. The van der Waals surface area contributed by atoms with Crippen LogP contribution < -0.4 is 14.9 Å². The first-order chi connectivity index (χ1) is 16.3. The van der Waals surface area contributed by atoms with Gasteiger partial charge in [0.2, 0.25) is 0 Å². The second-order valence-corrected chi connectivity index (χ2v) is 12.3. The molecule has 34 heavy (non-hydrogen) atoms. The van der Waals surface area contributed by atoms with E-state index >= 15 is 0 Å². The molecular weight excluding hydrogens is 462 g/mol. The molecule has 1 saturated carbocycles. The first kappa shape index (κ1) is 25.7. The van der Waals surface area contributed by atoms with Crippen LogP contribution in [0.1, 0.15) is 63.5 Å². The summed E-state index contributed by atoms with van der Waals surface area (Å²) < 4.78 is 3.65. The summed E-state index contributed by atoms with van der Waals surface area (Å²) in [5.74, 6) is 0.758. The molecule has 2 aliphatic rings. The van der Waals surface area contributed by atoms with Gasteiger partial charge in [0.05, 0.1) is 5.60 Å². The molecule has 0 unspecified atom stereocenters. The van der Waals surface area contributed by atoms with Crippen LogP contribution in [0.3, 0.4) is 0 Å². The highest BCUT2D eigenvalue weighted by molar-refractivity contribution is 7.98. The predicted molar refractivity (Wildman–Crippen MR) is 148 cm³/mol. The lowest BCUT2D eigenvalue weighted by Gasteiger charge is -2.40. The van der Waals surface area contributed by atoms with E-state index in [9.17, 15) is 5.11 Å². The Morgan fingerprint density at radius 3 is 2.35 bits per heavy atom. The van der Waals surface area contributed by atoms with Gasteiger partial charge in [-0.15, -0.1) is 0 Å². The van der Waals surface area contributed by atoms with Crippen LogP contribution in [0.2, 0.25) is 5.02 Å². The molecule has 0 amide bonds. The van der Waals surface area contributed by atoms with Gasteiger partial charge in [-0.25, -0.2) is 0 Å². The minimum Gasteiger partial charge on any atom is -0.385 e. The summed E-state index contributed by atoms with van der Waals surface area (Å²) >= 11 is 7.90. The summed E-state index contributed by atoms with van der Waals surface area (Å²) in [4.78, 5) is 2.39. The lowest BCUT2D eigenvalue weighted by atomic mass is 9.84. The van der Waals surface area contributed by atoms with Crippen molar-refractivity contribution in [2.75, 3.05) is 29.9 Å². The quantitative estimate of drug-likeness (QED) is 0.349. The smallest absolute Gasteiger partial charge is 0.0930 e. The standard InChI is InChI=1S/C28H40ClN3OS/c1-20(2)34-31-25-10-4-22(5-11-25)19-30-27-13-12-26(18-21(27)3)32-16-14-28(33,15-17-32)23-6-8-24(29)9-7-23/h6-9,12-13,18,20,22,25,30-31,33H,4-5,10-11,14-17,19H2,1-3H3/t22-,25-. The summed E-state index contributed by atoms with van der Waals surface area (Å²) in [5.41, 5.74) is 3.99. The van der Waals surface area contributed by atoms with Crippen LogP contribution in [0.25, 0.3) is 0 Å². The van der Waals surface area contributed by atoms with E-state index in [1.54, 1.807) is 0 Å². The van der Waals surface area contributed by atoms with Crippen LogP contribution in [0.15, 0.2) is 42.5 Å². The number of aryl methyl sites for hydroxylation is 1. The maximum absolute atomic E-state index is 11.2. The number of aliphatic hydroxyl groups is 1. The van der Waals surface area contributed by atoms with Crippen molar-refractivity contribution in [1.82, 2.24) is 4.72 Å². The molecule has 3 N–H and O–H groups in total. The third-order valence-corrected chi connectivity index (χ3v) is 8.64. The van der Waals surface area contributed by atoms with Crippen molar-refractivity contribution in [3.05, 3.63) is 58.6 Å². The zero-order chi connectivity index (χ0) is 24.1. The lowest BCUT2D eigenvalue weighted by Crippen LogP contribution is -2.42. The van der Waals surface area contributed by atoms with E-state index in [1.807, 2.05) is 36.2 Å². The average Bonchev–Trinajstić information content (AvgIpc) is 2.83. The van der Waals surface area contributed by atoms with E-state index in [4.69, 9.17) is 11.6 Å². The van der Waals surface area contributed by atoms with Crippen LogP contribution in [-0.4, -0.2) is 36.0 Å². The van der Waals surface area contributed by atoms with E-state index < -0.39 is 5.60 Å². The number of benzene rings is 2. The number of hydrogen-bond donors (Lipinski definition) is 3. The Labute approximate surface area is 215 Å². The number of anilines is 2. The Kier molecular flexibility index (Phi) is 8.73. The zero-order valence-electron chi connectivity index (χ0n) is 20.8. The first-order valence-corrected chi connectivity index (χ1v) is 14.1. The van der Waals surface area contributed by atoms with Crippen molar-refractivity contribution >= 4 is 34.9 Å². The largest absolute Gasteiger partial charge is 0.385 e. The Morgan fingerprint density at radius 1 is 1.06 bits per heavy atom. The molecule has 2 aromatic rings. The number of halogens is 1. The summed E-state index contributed by atoms with van der Waals surface area (Å²) in [6, 6.07) is 15.1. The highest BCUT2D eigenvalue weighted by Gasteiger charge is 2.34. The number of hydrogen-bond acceptors (Lipinski definition) is 5. The fraction of sp³-hybridized carbons (Fsp3) is 0.571. The second-order valence-electron chi connectivity index (χ2n) is 10.4. The first-order valence-electron chi connectivity index (χ1n) is 12.8. The monoisotopic (exact) mass is 501 g/mol. The van der Waals surface area contributed by atoms with Crippen molar-refractivity contribution in [1.29, 1.82) is 0 Å². The Morgan fingerprint density at radius 2 is 1.74 bits per heavy atom. The predicted octanol–water partition coefficient (Wildman–Crippen LogP) is 6.75. The molecule has 4 nitrogen and oxygen atoms in total. The van der Waals surface area contributed by atoms with E-state index in [-0.39, 0.29) is 0 Å². The molecular formula is C28H40ClN3OS. The minimum atomic E-state index is -0.764. The third kappa shape index (κ3) is 6.63.